The van der Waals surface area contributed by atoms with E-state index in [0.29, 0.717) is 5.88 Å². The topological polar surface area (TPSA) is 66.2 Å². The zero-order chi connectivity index (χ0) is 18.7. The Morgan fingerprint density at radius 2 is 2.00 bits per heavy atom. The maximum absolute atomic E-state index is 12.8. The van der Waals surface area contributed by atoms with E-state index in [1.807, 2.05) is 41.1 Å². The van der Waals surface area contributed by atoms with Crippen molar-refractivity contribution < 1.29 is 14.3 Å². The van der Waals surface area contributed by atoms with E-state index < -0.39 is 5.41 Å². The zero-order valence-electron chi connectivity index (χ0n) is 15.2. The monoisotopic (exact) mass is 363 g/mol. The zero-order valence-corrected chi connectivity index (χ0v) is 15.2. The van der Waals surface area contributed by atoms with Crippen molar-refractivity contribution in [2.24, 2.45) is 0 Å². The Labute approximate surface area is 157 Å². The summed E-state index contributed by atoms with van der Waals surface area (Å²) in [5, 5.41) is 0. The highest BCUT2D eigenvalue weighted by Crippen LogP contribution is 2.45. The lowest BCUT2D eigenvalue weighted by Crippen LogP contribution is -2.43. The number of rotatable bonds is 6. The van der Waals surface area contributed by atoms with Gasteiger partial charge in [-0.25, -0.2) is 9.97 Å². The molecule has 0 saturated heterocycles. The first-order valence-electron chi connectivity index (χ1n) is 8.96. The van der Waals surface area contributed by atoms with Gasteiger partial charge in [-0.05, 0) is 36.1 Å². The molecule has 3 aromatic rings. The van der Waals surface area contributed by atoms with Crippen LogP contribution in [0.4, 0.5) is 0 Å². The van der Waals surface area contributed by atoms with Gasteiger partial charge in [0.1, 0.15) is 6.61 Å². The summed E-state index contributed by atoms with van der Waals surface area (Å²) in [5.41, 5.74) is 2.29. The highest BCUT2D eigenvalue weighted by atomic mass is 16.5. The van der Waals surface area contributed by atoms with Crippen LogP contribution in [-0.2, 0) is 21.6 Å². The molecule has 6 heteroatoms. The van der Waals surface area contributed by atoms with Crippen LogP contribution in [0.1, 0.15) is 30.4 Å². The number of hydrogen-bond acceptors (Lipinski definition) is 5. The van der Waals surface area contributed by atoms with Crippen LogP contribution in [0.2, 0.25) is 0 Å². The fourth-order valence-electron chi connectivity index (χ4n) is 3.39. The Morgan fingerprint density at radius 1 is 1.19 bits per heavy atom. The van der Waals surface area contributed by atoms with Crippen molar-refractivity contribution in [3.05, 3.63) is 72.4 Å². The van der Waals surface area contributed by atoms with Crippen molar-refractivity contribution in [2.75, 3.05) is 7.11 Å². The Kier molecular flexibility index (Phi) is 4.62. The Morgan fingerprint density at radius 3 is 2.56 bits per heavy atom. The van der Waals surface area contributed by atoms with Gasteiger partial charge >= 0.3 is 5.97 Å². The van der Waals surface area contributed by atoms with Gasteiger partial charge in [0.25, 0.3) is 0 Å². The quantitative estimate of drug-likeness (QED) is 0.628. The summed E-state index contributed by atoms with van der Waals surface area (Å²) in [5.74, 6) is 0.360. The number of imidazole rings is 1. The van der Waals surface area contributed by atoms with Gasteiger partial charge in [0.2, 0.25) is 5.88 Å². The summed E-state index contributed by atoms with van der Waals surface area (Å²) < 4.78 is 12.7. The summed E-state index contributed by atoms with van der Waals surface area (Å²) >= 11 is 0. The summed E-state index contributed by atoms with van der Waals surface area (Å²) in [7, 11) is 1.58. The third kappa shape index (κ3) is 3.30. The van der Waals surface area contributed by atoms with E-state index in [9.17, 15) is 4.79 Å². The fourth-order valence-corrected chi connectivity index (χ4v) is 3.39. The van der Waals surface area contributed by atoms with Crippen molar-refractivity contribution in [3.63, 3.8) is 0 Å². The lowest BCUT2D eigenvalue weighted by atomic mass is 9.65. The van der Waals surface area contributed by atoms with Crippen molar-refractivity contribution in [1.29, 1.82) is 0 Å². The molecule has 1 aliphatic rings. The molecule has 0 N–H and O–H groups in total. The van der Waals surface area contributed by atoms with Crippen LogP contribution >= 0.6 is 0 Å². The van der Waals surface area contributed by atoms with E-state index in [1.165, 1.54) is 0 Å². The number of nitrogens with zero attached hydrogens (tertiary/aromatic N) is 3. The molecular weight excluding hydrogens is 342 g/mol. The molecule has 1 aliphatic carbocycles. The number of carbonyl (C=O) groups is 1. The first kappa shape index (κ1) is 17.3. The van der Waals surface area contributed by atoms with Gasteiger partial charge in [-0.3, -0.25) is 4.79 Å². The van der Waals surface area contributed by atoms with Gasteiger partial charge in [-0.15, -0.1) is 0 Å². The predicted molar refractivity (Wildman–Crippen MR) is 99.7 cm³/mol. The molecule has 138 valence electrons. The van der Waals surface area contributed by atoms with E-state index in [1.54, 1.807) is 31.9 Å². The Balaban J connectivity index is 1.43. The molecule has 2 heterocycles. The third-order valence-electron chi connectivity index (χ3n) is 5.20. The molecule has 1 saturated carbocycles. The minimum Gasteiger partial charge on any atom is -0.481 e. The highest BCUT2D eigenvalue weighted by Gasteiger charge is 2.47. The van der Waals surface area contributed by atoms with Crippen LogP contribution in [0.5, 0.6) is 5.88 Å². The Bertz CT molecular complexity index is 899. The van der Waals surface area contributed by atoms with E-state index in [2.05, 4.69) is 9.97 Å². The number of hydrogen-bond donors (Lipinski definition) is 0. The van der Waals surface area contributed by atoms with Crippen molar-refractivity contribution in [1.82, 2.24) is 14.5 Å². The lowest BCUT2D eigenvalue weighted by Gasteiger charge is -2.39. The second kappa shape index (κ2) is 7.23. The second-order valence-corrected chi connectivity index (χ2v) is 6.74. The summed E-state index contributed by atoms with van der Waals surface area (Å²) in [6.45, 7) is 0.258. The maximum Gasteiger partial charge on any atom is 0.316 e. The van der Waals surface area contributed by atoms with Crippen LogP contribution in [-0.4, -0.2) is 27.6 Å². The summed E-state index contributed by atoms with van der Waals surface area (Å²) in [6, 6.07) is 11.6. The Hall–Kier alpha value is -3.15. The molecule has 0 amide bonds. The molecule has 0 atom stereocenters. The first-order chi connectivity index (χ1) is 13.2. The number of ether oxygens (including phenoxy) is 2. The van der Waals surface area contributed by atoms with E-state index >= 15 is 0 Å². The van der Waals surface area contributed by atoms with Crippen LogP contribution in [0.25, 0.3) is 5.69 Å². The molecule has 2 aromatic heterocycles. The van der Waals surface area contributed by atoms with E-state index in [-0.39, 0.29) is 12.6 Å². The molecule has 0 bridgehead atoms. The first-order valence-corrected chi connectivity index (χ1v) is 8.96. The smallest absolute Gasteiger partial charge is 0.316 e. The predicted octanol–water partition coefficient (Wildman–Crippen LogP) is 3.44. The van der Waals surface area contributed by atoms with Crippen molar-refractivity contribution in [3.8, 4) is 11.6 Å². The van der Waals surface area contributed by atoms with Crippen molar-refractivity contribution >= 4 is 5.97 Å². The summed E-state index contributed by atoms with van der Waals surface area (Å²) in [4.78, 5) is 21.1. The normalized spacial score (nSPS) is 15.0. The number of aromatic nitrogens is 3. The summed E-state index contributed by atoms with van der Waals surface area (Å²) in [6.07, 6.45) is 9.69. The molecular formula is C21H21N3O3. The molecule has 0 spiro atoms. The third-order valence-corrected chi connectivity index (χ3v) is 5.20. The second-order valence-electron chi connectivity index (χ2n) is 6.74. The average molecular weight is 363 g/mol. The van der Waals surface area contributed by atoms with Gasteiger partial charge in [0, 0.05) is 30.3 Å². The molecule has 0 aliphatic heterocycles. The number of benzene rings is 1. The average Bonchev–Trinajstić information content (AvgIpc) is 3.21. The van der Waals surface area contributed by atoms with Crippen LogP contribution < -0.4 is 4.74 Å². The standard InChI is InChI=1S/C21H21N3O3/c1-26-19-8-5-17(13-23-19)21(9-2-10-21)20(25)27-14-16-3-6-18(7-4-16)24-12-11-22-15-24/h3-8,11-13,15H,2,9-10,14H2,1H3. The van der Waals surface area contributed by atoms with E-state index in [0.717, 1.165) is 36.1 Å². The van der Waals surface area contributed by atoms with E-state index in [4.69, 9.17) is 9.47 Å². The number of carbonyl (C=O) groups excluding carboxylic acids is 1. The molecule has 6 nitrogen and oxygen atoms in total. The molecule has 4 rings (SSSR count). The molecule has 1 aromatic carbocycles. The minimum absolute atomic E-state index is 0.181. The SMILES string of the molecule is COc1ccc(C2(C(=O)OCc3ccc(-n4ccnc4)cc3)CCC2)cn1. The van der Waals surface area contributed by atoms with Gasteiger partial charge in [0.15, 0.2) is 0 Å². The molecule has 27 heavy (non-hydrogen) atoms. The minimum atomic E-state index is -0.573. The van der Waals surface area contributed by atoms with Crippen LogP contribution in [0.15, 0.2) is 61.3 Å². The maximum atomic E-state index is 12.8. The lowest BCUT2D eigenvalue weighted by molar-refractivity contribution is -0.155. The van der Waals surface area contributed by atoms with Crippen LogP contribution in [0.3, 0.4) is 0 Å². The number of pyridine rings is 1. The molecule has 1 fully saturated rings. The molecule has 0 radical (unpaired) electrons. The fraction of sp³-hybridized carbons (Fsp3) is 0.286. The number of esters is 1. The van der Waals surface area contributed by atoms with Gasteiger partial charge < -0.3 is 14.0 Å². The van der Waals surface area contributed by atoms with Gasteiger partial charge in [-0.1, -0.05) is 24.6 Å². The molecule has 0 unspecified atom stereocenters. The van der Waals surface area contributed by atoms with Gasteiger partial charge in [0.05, 0.1) is 18.9 Å². The van der Waals surface area contributed by atoms with Crippen LogP contribution in [0, 0.1) is 0 Å². The van der Waals surface area contributed by atoms with Crippen molar-refractivity contribution in [2.45, 2.75) is 31.3 Å². The van der Waals surface area contributed by atoms with Gasteiger partial charge in [-0.2, -0.15) is 0 Å². The number of methoxy groups -OCH3 is 1. The largest absolute Gasteiger partial charge is 0.481 e. The highest BCUT2D eigenvalue weighted by molar-refractivity contribution is 5.84.